The highest BCUT2D eigenvalue weighted by Crippen LogP contribution is 2.36. The third-order valence-corrected chi connectivity index (χ3v) is 3.59. The summed E-state index contributed by atoms with van der Waals surface area (Å²) >= 11 is 12.1. The molecule has 1 aromatic carbocycles. The van der Waals surface area contributed by atoms with Gasteiger partial charge in [0, 0.05) is 10.4 Å². The lowest BCUT2D eigenvalue weighted by Gasteiger charge is -2.13. The summed E-state index contributed by atoms with van der Waals surface area (Å²) in [7, 11) is 0. The van der Waals surface area contributed by atoms with Gasteiger partial charge in [0.15, 0.2) is 0 Å². The Labute approximate surface area is 132 Å². The van der Waals surface area contributed by atoms with Gasteiger partial charge >= 0.3 is 5.69 Å². The minimum absolute atomic E-state index is 0.0323. The number of nitro groups is 1. The Hall–Kier alpha value is -1.59. The molecule has 1 heterocycles. The fraction of sp³-hybridized carbons (Fsp3) is 0.357. The summed E-state index contributed by atoms with van der Waals surface area (Å²) in [5, 5.41) is 16.2. The fourth-order valence-corrected chi connectivity index (χ4v) is 2.48. The highest BCUT2D eigenvalue weighted by Gasteiger charge is 2.33. The fourth-order valence-electron chi connectivity index (χ4n) is 2.01. The molecule has 5 nitrogen and oxygen atoms in total. The number of benzene rings is 1. The van der Waals surface area contributed by atoms with Gasteiger partial charge in [-0.3, -0.25) is 10.1 Å². The number of hydrogen-bond acceptors (Lipinski definition) is 3. The molecule has 112 valence electrons. The zero-order valence-electron chi connectivity index (χ0n) is 11.9. The molecule has 0 aliphatic carbocycles. The van der Waals surface area contributed by atoms with Crippen LogP contribution in [0.4, 0.5) is 5.69 Å². The predicted molar refractivity (Wildman–Crippen MR) is 83.1 cm³/mol. The largest absolute Gasteiger partial charge is 0.329 e. The van der Waals surface area contributed by atoms with Crippen molar-refractivity contribution < 1.29 is 4.92 Å². The average Bonchev–Trinajstić information content (AvgIpc) is 2.67. The van der Waals surface area contributed by atoms with Crippen LogP contribution < -0.4 is 0 Å². The molecule has 0 radical (unpaired) electrons. The Morgan fingerprint density at radius 2 is 2.00 bits per heavy atom. The summed E-state index contributed by atoms with van der Waals surface area (Å²) in [6, 6.07) is 7.22. The third-order valence-electron chi connectivity index (χ3n) is 2.98. The van der Waals surface area contributed by atoms with Crippen molar-refractivity contribution >= 4 is 28.9 Å². The zero-order chi connectivity index (χ0) is 15.8. The highest BCUT2D eigenvalue weighted by molar-refractivity contribution is 6.31. The van der Waals surface area contributed by atoms with Gasteiger partial charge in [0.2, 0.25) is 5.15 Å². The molecule has 0 bridgehead atoms. The normalized spacial score (nSPS) is 11.7. The zero-order valence-corrected chi connectivity index (χ0v) is 13.4. The van der Waals surface area contributed by atoms with E-state index in [0.29, 0.717) is 17.3 Å². The summed E-state index contributed by atoms with van der Waals surface area (Å²) < 4.78 is 1.44. The predicted octanol–water partition coefficient (Wildman–Crippen LogP) is 4.44. The average molecular weight is 328 g/mol. The van der Waals surface area contributed by atoms with Gasteiger partial charge in [-0.1, -0.05) is 56.1 Å². The molecule has 0 saturated carbocycles. The first kappa shape index (κ1) is 15.8. The molecule has 0 aliphatic heterocycles. The Morgan fingerprint density at radius 1 is 1.33 bits per heavy atom. The van der Waals surface area contributed by atoms with E-state index in [1.54, 1.807) is 12.1 Å². The van der Waals surface area contributed by atoms with Crippen molar-refractivity contribution in [1.29, 1.82) is 0 Å². The van der Waals surface area contributed by atoms with Crippen LogP contribution in [0.25, 0.3) is 0 Å². The number of nitrogens with zero attached hydrogens (tertiary/aromatic N) is 3. The van der Waals surface area contributed by atoms with Crippen molar-refractivity contribution in [3.05, 3.63) is 55.8 Å². The van der Waals surface area contributed by atoms with Gasteiger partial charge in [-0.05, 0) is 17.7 Å². The summed E-state index contributed by atoms with van der Waals surface area (Å²) in [6.07, 6.45) is 0. The standard InChI is InChI=1S/C14H15Cl2N3O2/c1-14(2,3)12-11(19(20)21)13(16)18(17-12)8-9-5-4-6-10(15)7-9/h4-7H,8H2,1-3H3. The Morgan fingerprint density at radius 3 is 2.48 bits per heavy atom. The molecule has 0 spiro atoms. The van der Waals surface area contributed by atoms with Crippen molar-refractivity contribution in [1.82, 2.24) is 9.78 Å². The van der Waals surface area contributed by atoms with Crippen molar-refractivity contribution in [3.8, 4) is 0 Å². The van der Waals surface area contributed by atoms with Crippen LogP contribution in [0.5, 0.6) is 0 Å². The van der Waals surface area contributed by atoms with Crippen molar-refractivity contribution in [3.63, 3.8) is 0 Å². The minimum Gasteiger partial charge on any atom is -0.258 e. The van der Waals surface area contributed by atoms with E-state index in [4.69, 9.17) is 23.2 Å². The van der Waals surface area contributed by atoms with Crippen molar-refractivity contribution in [2.75, 3.05) is 0 Å². The van der Waals surface area contributed by atoms with E-state index < -0.39 is 10.3 Å². The van der Waals surface area contributed by atoms with Crippen LogP contribution in [-0.2, 0) is 12.0 Å². The van der Waals surface area contributed by atoms with Gasteiger partial charge in [0.25, 0.3) is 0 Å². The first-order valence-electron chi connectivity index (χ1n) is 6.36. The quantitative estimate of drug-likeness (QED) is 0.618. The van der Waals surface area contributed by atoms with Crippen LogP contribution in [0.15, 0.2) is 24.3 Å². The Kier molecular flexibility index (Phi) is 4.25. The molecule has 0 amide bonds. The second-order valence-electron chi connectivity index (χ2n) is 5.78. The summed E-state index contributed by atoms with van der Waals surface area (Å²) in [6.45, 7) is 5.92. The summed E-state index contributed by atoms with van der Waals surface area (Å²) in [5.74, 6) is 0. The van der Waals surface area contributed by atoms with Gasteiger partial charge < -0.3 is 0 Å². The van der Waals surface area contributed by atoms with Gasteiger partial charge in [-0.2, -0.15) is 5.10 Å². The molecule has 2 rings (SSSR count). The van der Waals surface area contributed by atoms with E-state index in [9.17, 15) is 10.1 Å². The van der Waals surface area contributed by atoms with Crippen molar-refractivity contribution in [2.45, 2.75) is 32.7 Å². The topological polar surface area (TPSA) is 61.0 Å². The number of hydrogen-bond donors (Lipinski definition) is 0. The van der Waals surface area contributed by atoms with Crippen LogP contribution in [0.3, 0.4) is 0 Å². The summed E-state index contributed by atoms with van der Waals surface area (Å²) in [5.41, 5.74) is 0.652. The number of rotatable bonds is 3. The molecule has 1 aromatic heterocycles. The second kappa shape index (κ2) is 5.66. The van der Waals surface area contributed by atoms with Gasteiger partial charge in [-0.15, -0.1) is 0 Å². The highest BCUT2D eigenvalue weighted by atomic mass is 35.5. The molecule has 2 aromatic rings. The third kappa shape index (κ3) is 3.36. The van der Waals surface area contributed by atoms with Crippen LogP contribution >= 0.6 is 23.2 Å². The molecule has 0 fully saturated rings. The van der Waals surface area contributed by atoms with Crippen LogP contribution in [0.1, 0.15) is 32.0 Å². The maximum atomic E-state index is 11.3. The van der Waals surface area contributed by atoms with E-state index in [1.165, 1.54) is 4.68 Å². The van der Waals surface area contributed by atoms with E-state index in [0.717, 1.165) is 5.56 Å². The number of halogens is 2. The SMILES string of the molecule is CC(C)(C)c1nn(Cc2cccc(Cl)c2)c(Cl)c1[N+](=O)[O-]. The second-order valence-corrected chi connectivity index (χ2v) is 6.58. The number of aromatic nitrogens is 2. The van der Waals surface area contributed by atoms with Crippen LogP contribution in [0.2, 0.25) is 10.2 Å². The molecule has 21 heavy (non-hydrogen) atoms. The molecule has 0 N–H and O–H groups in total. The monoisotopic (exact) mass is 327 g/mol. The summed E-state index contributed by atoms with van der Waals surface area (Å²) in [4.78, 5) is 10.8. The maximum Gasteiger partial charge on any atom is 0.329 e. The van der Waals surface area contributed by atoms with Crippen LogP contribution in [-0.4, -0.2) is 14.7 Å². The first-order chi connectivity index (χ1) is 9.70. The van der Waals surface area contributed by atoms with Gasteiger partial charge in [-0.25, -0.2) is 4.68 Å². The van der Waals surface area contributed by atoms with E-state index in [1.807, 2.05) is 32.9 Å². The van der Waals surface area contributed by atoms with Gasteiger partial charge in [0.1, 0.15) is 5.69 Å². The van der Waals surface area contributed by atoms with Gasteiger partial charge in [0.05, 0.1) is 11.5 Å². The Balaban J connectivity index is 2.48. The first-order valence-corrected chi connectivity index (χ1v) is 7.11. The molecule has 0 saturated heterocycles. The smallest absolute Gasteiger partial charge is 0.258 e. The lowest BCUT2D eigenvalue weighted by atomic mass is 9.91. The maximum absolute atomic E-state index is 11.3. The lowest BCUT2D eigenvalue weighted by Crippen LogP contribution is -2.14. The molecule has 0 unspecified atom stereocenters. The van der Waals surface area contributed by atoms with Crippen LogP contribution in [0, 0.1) is 10.1 Å². The molecular formula is C14H15Cl2N3O2. The molecule has 0 aliphatic rings. The van der Waals surface area contributed by atoms with E-state index in [-0.39, 0.29) is 10.8 Å². The van der Waals surface area contributed by atoms with Crippen molar-refractivity contribution in [2.24, 2.45) is 0 Å². The molecule has 7 heteroatoms. The lowest BCUT2D eigenvalue weighted by molar-refractivity contribution is -0.385. The molecule has 0 atom stereocenters. The minimum atomic E-state index is -0.482. The van der Waals surface area contributed by atoms with E-state index >= 15 is 0 Å². The van der Waals surface area contributed by atoms with E-state index in [2.05, 4.69) is 5.10 Å². The Bertz CT molecular complexity index is 690. The molecular weight excluding hydrogens is 313 g/mol.